The van der Waals surface area contributed by atoms with Crippen LogP contribution in [0.15, 0.2) is 42.6 Å². The molecule has 7 heteroatoms. The summed E-state index contributed by atoms with van der Waals surface area (Å²) in [5.74, 6) is -0.677. The van der Waals surface area contributed by atoms with Gasteiger partial charge in [-0.3, -0.25) is 4.79 Å². The molecule has 1 saturated heterocycles. The summed E-state index contributed by atoms with van der Waals surface area (Å²) in [4.78, 5) is 27.8. The molecule has 0 bridgehead atoms. The van der Waals surface area contributed by atoms with Gasteiger partial charge in [-0.2, -0.15) is 0 Å². The molecule has 0 aliphatic carbocycles. The third-order valence-electron chi connectivity index (χ3n) is 5.47. The quantitative estimate of drug-likeness (QED) is 0.641. The Morgan fingerprint density at radius 2 is 1.79 bits per heavy atom. The number of carbonyl (C=O) groups excluding carboxylic acids is 1. The van der Waals surface area contributed by atoms with E-state index in [1.165, 1.54) is 17.0 Å². The molecule has 1 fully saturated rings. The van der Waals surface area contributed by atoms with E-state index in [2.05, 4.69) is 4.98 Å². The second kappa shape index (κ2) is 6.99. The molecule has 1 aromatic heterocycles. The SMILES string of the molecule is NC(=O)c1cc(-c2ccc(F)cc2)cc2c(C3CCN(C(=O)O)CC3)c[nH]c12. The van der Waals surface area contributed by atoms with Crippen LogP contribution in [0.25, 0.3) is 22.0 Å². The van der Waals surface area contributed by atoms with E-state index >= 15 is 0 Å². The van der Waals surface area contributed by atoms with Gasteiger partial charge in [-0.1, -0.05) is 12.1 Å². The van der Waals surface area contributed by atoms with Crippen LogP contribution in [0.2, 0.25) is 0 Å². The predicted octanol–water partition coefficient (Wildman–Crippen LogP) is 3.93. The summed E-state index contributed by atoms with van der Waals surface area (Å²) < 4.78 is 13.3. The van der Waals surface area contributed by atoms with Crippen LogP contribution in [0.3, 0.4) is 0 Å². The Morgan fingerprint density at radius 1 is 1.11 bits per heavy atom. The van der Waals surface area contributed by atoms with Crippen LogP contribution in [0.4, 0.5) is 9.18 Å². The number of piperidine rings is 1. The fourth-order valence-corrected chi connectivity index (χ4v) is 3.98. The summed E-state index contributed by atoms with van der Waals surface area (Å²) in [6.07, 6.45) is 2.41. The van der Waals surface area contributed by atoms with Crippen LogP contribution in [0, 0.1) is 5.82 Å². The third kappa shape index (κ3) is 3.19. The molecule has 0 spiro atoms. The standard InChI is InChI=1S/C21H20FN3O3/c22-15-3-1-12(2-4-15)14-9-16-18(11-24-19(16)17(10-14)20(23)26)13-5-7-25(8-6-13)21(27)28/h1-4,9-11,13,24H,5-8H2,(H2,23,26)(H,27,28). The van der Waals surface area contributed by atoms with Crippen LogP contribution >= 0.6 is 0 Å². The first-order chi connectivity index (χ1) is 13.4. The fourth-order valence-electron chi connectivity index (χ4n) is 3.98. The van der Waals surface area contributed by atoms with Crippen molar-refractivity contribution in [3.63, 3.8) is 0 Å². The van der Waals surface area contributed by atoms with Gasteiger partial charge in [0.1, 0.15) is 5.82 Å². The summed E-state index contributed by atoms with van der Waals surface area (Å²) in [6, 6.07) is 9.78. The van der Waals surface area contributed by atoms with E-state index in [-0.39, 0.29) is 11.7 Å². The Kier molecular flexibility index (Phi) is 4.50. The molecule has 0 atom stereocenters. The maximum absolute atomic E-state index is 13.3. The topological polar surface area (TPSA) is 99.4 Å². The number of aromatic amines is 1. The number of benzene rings is 2. The van der Waals surface area contributed by atoms with Crippen molar-refractivity contribution in [2.45, 2.75) is 18.8 Å². The summed E-state index contributed by atoms with van der Waals surface area (Å²) in [7, 11) is 0. The van der Waals surface area contributed by atoms with Gasteiger partial charge in [0.2, 0.25) is 0 Å². The molecule has 144 valence electrons. The molecule has 4 N–H and O–H groups in total. The molecule has 4 rings (SSSR count). The van der Waals surface area contributed by atoms with Gasteiger partial charge < -0.3 is 20.7 Å². The van der Waals surface area contributed by atoms with Gasteiger partial charge in [0.05, 0.1) is 11.1 Å². The van der Waals surface area contributed by atoms with E-state index in [0.29, 0.717) is 37.0 Å². The largest absolute Gasteiger partial charge is 0.465 e. The van der Waals surface area contributed by atoms with Crippen molar-refractivity contribution in [3.8, 4) is 11.1 Å². The number of nitrogens with one attached hydrogen (secondary N) is 1. The van der Waals surface area contributed by atoms with Gasteiger partial charge in [0, 0.05) is 24.7 Å². The van der Waals surface area contributed by atoms with Gasteiger partial charge >= 0.3 is 6.09 Å². The van der Waals surface area contributed by atoms with Crippen molar-refractivity contribution in [1.82, 2.24) is 9.88 Å². The Labute approximate surface area is 160 Å². The predicted molar refractivity (Wildman–Crippen MR) is 104 cm³/mol. The molecule has 2 heterocycles. The minimum absolute atomic E-state index is 0.188. The summed E-state index contributed by atoms with van der Waals surface area (Å²) >= 11 is 0. The van der Waals surface area contributed by atoms with Crippen LogP contribution in [0.5, 0.6) is 0 Å². The number of aromatic nitrogens is 1. The van der Waals surface area contributed by atoms with Crippen molar-refractivity contribution in [2.75, 3.05) is 13.1 Å². The van der Waals surface area contributed by atoms with Crippen LogP contribution in [0.1, 0.15) is 34.7 Å². The number of primary amides is 1. The van der Waals surface area contributed by atoms with Gasteiger partial charge in [-0.15, -0.1) is 0 Å². The number of nitrogens with two attached hydrogens (primary N) is 1. The van der Waals surface area contributed by atoms with Crippen molar-refractivity contribution in [1.29, 1.82) is 0 Å². The number of carbonyl (C=O) groups is 2. The highest BCUT2D eigenvalue weighted by Crippen LogP contribution is 2.36. The fraction of sp³-hybridized carbons (Fsp3) is 0.238. The Balaban J connectivity index is 1.78. The lowest BCUT2D eigenvalue weighted by Crippen LogP contribution is -2.36. The van der Waals surface area contributed by atoms with Gasteiger partial charge in [-0.05, 0) is 59.7 Å². The first-order valence-corrected chi connectivity index (χ1v) is 9.12. The van der Waals surface area contributed by atoms with Crippen LogP contribution < -0.4 is 5.73 Å². The summed E-state index contributed by atoms with van der Waals surface area (Å²) in [5, 5.41) is 10.0. The lowest BCUT2D eigenvalue weighted by Gasteiger charge is -2.29. The second-order valence-electron chi connectivity index (χ2n) is 7.11. The van der Waals surface area contributed by atoms with E-state index < -0.39 is 12.0 Å². The molecule has 0 unspecified atom stereocenters. The lowest BCUT2D eigenvalue weighted by atomic mass is 9.88. The monoisotopic (exact) mass is 381 g/mol. The maximum atomic E-state index is 13.3. The Morgan fingerprint density at radius 3 is 2.39 bits per heavy atom. The highest BCUT2D eigenvalue weighted by molar-refractivity contribution is 6.07. The molecule has 0 radical (unpaired) electrons. The number of halogens is 1. The molecule has 2 amide bonds. The molecule has 3 aromatic rings. The zero-order valence-corrected chi connectivity index (χ0v) is 15.1. The first-order valence-electron chi connectivity index (χ1n) is 9.12. The molecule has 1 aliphatic rings. The number of carboxylic acid groups (broad SMARTS) is 1. The van der Waals surface area contributed by atoms with E-state index in [1.54, 1.807) is 18.2 Å². The number of amides is 2. The normalized spacial score (nSPS) is 15.1. The smallest absolute Gasteiger partial charge is 0.407 e. The Hall–Kier alpha value is -3.35. The zero-order valence-electron chi connectivity index (χ0n) is 15.1. The van der Waals surface area contributed by atoms with Crippen LogP contribution in [-0.2, 0) is 0 Å². The van der Waals surface area contributed by atoms with Crippen molar-refractivity contribution < 1.29 is 19.1 Å². The number of H-pyrrole nitrogens is 1. The first kappa shape index (κ1) is 18.0. The van der Waals surface area contributed by atoms with E-state index in [0.717, 1.165) is 22.1 Å². The highest BCUT2D eigenvalue weighted by Gasteiger charge is 2.26. The second-order valence-corrected chi connectivity index (χ2v) is 7.11. The molecular weight excluding hydrogens is 361 g/mol. The van der Waals surface area contributed by atoms with Gasteiger partial charge in [-0.25, -0.2) is 9.18 Å². The van der Waals surface area contributed by atoms with E-state index in [9.17, 15) is 14.0 Å². The Bertz CT molecular complexity index is 1050. The number of fused-ring (bicyclic) bond motifs is 1. The molecule has 2 aromatic carbocycles. The van der Waals surface area contributed by atoms with Crippen LogP contribution in [-0.4, -0.2) is 40.1 Å². The summed E-state index contributed by atoms with van der Waals surface area (Å²) in [6.45, 7) is 0.958. The molecule has 6 nitrogen and oxygen atoms in total. The molecular formula is C21H20FN3O3. The van der Waals surface area contributed by atoms with E-state index in [1.807, 2.05) is 12.3 Å². The summed E-state index contributed by atoms with van der Waals surface area (Å²) in [5.41, 5.74) is 9.28. The number of hydrogen-bond donors (Lipinski definition) is 3. The van der Waals surface area contributed by atoms with Gasteiger partial charge in [0.25, 0.3) is 5.91 Å². The minimum Gasteiger partial charge on any atom is -0.465 e. The average Bonchev–Trinajstić information content (AvgIpc) is 3.11. The molecule has 1 aliphatic heterocycles. The number of likely N-dealkylation sites (tertiary alicyclic amines) is 1. The number of nitrogens with zero attached hydrogens (tertiary/aromatic N) is 1. The minimum atomic E-state index is -0.896. The van der Waals surface area contributed by atoms with E-state index in [4.69, 9.17) is 10.8 Å². The van der Waals surface area contributed by atoms with Crippen molar-refractivity contribution in [2.24, 2.45) is 5.73 Å². The third-order valence-corrected chi connectivity index (χ3v) is 5.47. The highest BCUT2D eigenvalue weighted by atomic mass is 19.1. The van der Waals surface area contributed by atoms with Gasteiger partial charge in [0.15, 0.2) is 0 Å². The molecule has 28 heavy (non-hydrogen) atoms. The molecule has 0 saturated carbocycles. The zero-order chi connectivity index (χ0) is 19.8. The van der Waals surface area contributed by atoms with Crippen molar-refractivity contribution in [3.05, 3.63) is 59.5 Å². The lowest BCUT2D eigenvalue weighted by molar-refractivity contribution is 0.100. The number of hydrogen-bond acceptors (Lipinski definition) is 2. The maximum Gasteiger partial charge on any atom is 0.407 e. The number of rotatable bonds is 3. The van der Waals surface area contributed by atoms with Crippen molar-refractivity contribution >= 4 is 22.9 Å². The average molecular weight is 381 g/mol.